The van der Waals surface area contributed by atoms with Crippen molar-refractivity contribution < 1.29 is 0 Å². The summed E-state index contributed by atoms with van der Waals surface area (Å²) in [6.45, 7) is 19.6. The number of benzene rings is 6. The molecule has 0 saturated heterocycles. The van der Waals surface area contributed by atoms with Crippen LogP contribution in [0.1, 0.15) is 79.4 Å². The Labute approximate surface area is 402 Å². The first kappa shape index (κ1) is 46.8. The van der Waals surface area contributed by atoms with Crippen LogP contribution in [0, 0.1) is 0 Å². The second-order valence-corrected chi connectivity index (χ2v) is 20.1. The lowest BCUT2D eigenvalue weighted by Crippen LogP contribution is -2.15. The van der Waals surface area contributed by atoms with Crippen LogP contribution in [0.5, 0.6) is 0 Å². The Balaban J connectivity index is 0.000000141. The summed E-state index contributed by atoms with van der Waals surface area (Å²) in [6, 6.07) is 66.3. The van der Waals surface area contributed by atoms with Gasteiger partial charge in [-0.2, -0.15) is 0 Å². The number of hydrogen-bond donors (Lipinski definition) is 0. The van der Waals surface area contributed by atoms with Crippen molar-refractivity contribution in [3.05, 3.63) is 217 Å². The van der Waals surface area contributed by atoms with Gasteiger partial charge in [-0.25, -0.2) is 24.9 Å². The Hall–Kier alpha value is -7.70. The summed E-state index contributed by atoms with van der Waals surface area (Å²) in [5.74, 6) is 1.56. The molecule has 4 heterocycles. The van der Waals surface area contributed by atoms with Gasteiger partial charge in [-0.3, -0.25) is 4.98 Å². The van der Waals surface area contributed by atoms with Gasteiger partial charge in [-0.15, -0.1) is 0 Å². The largest absolute Gasteiger partial charge is 0.254 e. The lowest BCUT2D eigenvalue weighted by atomic mass is 9.90. The molecule has 6 nitrogen and oxygen atoms in total. The van der Waals surface area contributed by atoms with E-state index in [0.717, 1.165) is 84.2 Å². The van der Waals surface area contributed by atoms with E-state index < -0.39 is 0 Å². The van der Waals surface area contributed by atoms with E-state index in [1.807, 2.05) is 72.9 Å². The average molecular weight is 889 g/mol. The zero-order valence-corrected chi connectivity index (χ0v) is 40.7. The molecule has 0 radical (unpaired) electrons. The topological polar surface area (TPSA) is 77.3 Å². The standard InChI is InChI=1S/C26H24N2.C20H20N2.C16H16N2/c1-26(2,3)24-18-23(27-25(28-24)20-13-8-5-9-14-20)22-16-10-15-21(17-22)19-11-6-4-7-12-19;1-20(2,3)18-14-17(15-10-6-4-7-11-15)21-19(22-18)16-12-8-5-9-13-16;1-16(2,3)13-9-8-12-7-6-11-5-4-10-17-14(11)15(12)18-13/h4-18H,1-3H3;4-14H,1-3H3;4-10H,1-3H3. The molecule has 4 aromatic heterocycles. The molecule has 338 valence electrons. The number of pyridine rings is 2. The van der Waals surface area contributed by atoms with Crippen LogP contribution in [0.2, 0.25) is 0 Å². The maximum Gasteiger partial charge on any atom is 0.160 e. The Morgan fingerprint density at radius 1 is 0.279 bits per heavy atom. The molecular weight excluding hydrogens is 829 g/mol. The normalized spacial score (nSPS) is 11.6. The summed E-state index contributed by atoms with van der Waals surface area (Å²) in [7, 11) is 0. The van der Waals surface area contributed by atoms with Crippen molar-refractivity contribution in [1.29, 1.82) is 0 Å². The number of rotatable bonds is 5. The number of nitrogens with zero attached hydrogens (tertiary/aromatic N) is 6. The first-order chi connectivity index (χ1) is 32.6. The van der Waals surface area contributed by atoms with E-state index in [9.17, 15) is 0 Å². The van der Waals surface area contributed by atoms with E-state index in [-0.39, 0.29) is 16.2 Å². The van der Waals surface area contributed by atoms with Crippen LogP contribution in [0.4, 0.5) is 0 Å². The minimum Gasteiger partial charge on any atom is -0.254 e. The van der Waals surface area contributed by atoms with Gasteiger partial charge in [0.05, 0.1) is 33.8 Å². The van der Waals surface area contributed by atoms with Gasteiger partial charge in [0.25, 0.3) is 0 Å². The van der Waals surface area contributed by atoms with Crippen molar-refractivity contribution in [2.24, 2.45) is 0 Å². The van der Waals surface area contributed by atoms with Gasteiger partial charge in [0, 0.05) is 61.2 Å². The summed E-state index contributed by atoms with van der Waals surface area (Å²) < 4.78 is 0. The van der Waals surface area contributed by atoms with Gasteiger partial charge in [0.1, 0.15) is 0 Å². The molecule has 0 saturated carbocycles. The highest BCUT2D eigenvalue weighted by Gasteiger charge is 2.21. The third kappa shape index (κ3) is 11.4. The van der Waals surface area contributed by atoms with E-state index in [0.29, 0.717) is 0 Å². The van der Waals surface area contributed by atoms with E-state index in [1.165, 1.54) is 11.1 Å². The highest BCUT2D eigenvalue weighted by Crippen LogP contribution is 2.32. The minimum atomic E-state index is -0.0573. The smallest absolute Gasteiger partial charge is 0.160 e. The predicted molar refractivity (Wildman–Crippen MR) is 284 cm³/mol. The Bertz CT molecular complexity index is 3200. The Kier molecular flexibility index (Phi) is 13.8. The predicted octanol–water partition coefficient (Wildman–Crippen LogP) is 16.0. The van der Waals surface area contributed by atoms with Crippen LogP contribution in [0.25, 0.3) is 78.2 Å². The summed E-state index contributed by atoms with van der Waals surface area (Å²) in [5.41, 5.74) is 13.8. The molecule has 0 unspecified atom stereocenters. The molecule has 0 fully saturated rings. The van der Waals surface area contributed by atoms with Crippen molar-refractivity contribution in [2.75, 3.05) is 0 Å². The fraction of sp³-hybridized carbons (Fsp3) is 0.194. The summed E-state index contributed by atoms with van der Waals surface area (Å²) in [5, 5.41) is 2.29. The zero-order chi connectivity index (χ0) is 47.9. The molecule has 0 amide bonds. The highest BCUT2D eigenvalue weighted by atomic mass is 14.9. The van der Waals surface area contributed by atoms with Crippen LogP contribution in [-0.4, -0.2) is 29.9 Å². The molecule has 10 aromatic rings. The molecule has 6 heteroatoms. The van der Waals surface area contributed by atoms with Gasteiger partial charge in [-0.1, -0.05) is 226 Å². The SMILES string of the molecule is CC(C)(C)c1cc(-c2cccc(-c3ccccc3)c2)nc(-c2ccccc2)n1.CC(C)(C)c1cc(-c2ccccc2)nc(-c2ccccc2)n1.CC(C)(C)c1ccc2ccc3cccnc3c2n1. The monoisotopic (exact) mass is 888 g/mol. The lowest BCUT2D eigenvalue weighted by Gasteiger charge is -2.20. The fourth-order valence-corrected chi connectivity index (χ4v) is 7.63. The van der Waals surface area contributed by atoms with Gasteiger partial charge >= 0.3 is 0 Å². The number of hydrogen-bond acceptors (Lipinski definition) is 6. The Morgan fingerprint density at radius 2 is 0.691 bits per heavy atom. The quantitative estimate of drug-likeness (QED) is 0.160. The Morgan fingerprint density at radius 3 is 1.19 bits per heavy atom. The summed E-state index contributed by atoms with van der Waals surface area (Å²) in [6.07, 6.45) is 1.83. The van der Waals surface area contributed by atoms with Crippen molar-refractivity contribution in [3.63, 3.8) is 0 Å². The molecule has 0 spiro atoms. The molecule has 0 bridgehead atoms. The molecule has 0 atom stereocenters. The van der Waals surface area contributed by atoms with E-state index in [4.69, 9.17) is 24.9 Å². The van der Waals surface area contributed by atoms with Crippen LogP contribution >= 0.6 is 0 Å². The maximum atomic E-state index is 4.91. The molecule has 0 N–H and O–H groups in total. The fourth-order valence-electron chi connectivity index (χ4n) is 7.63. The molecule has 0 aliphatic rings. The molecule has 0 aliphatic heterocycles. The first-order valence-electron chi connectivity index (χ1n) is 23.4. The number of fused-ring (bicyclic) bond motifs is 3. The molecule has 10 rings (SSSR count). The van der Waals surface area contributed by atoms with Crippen LogP contribution in [-0.2, 0) is 16.2 Å². The van der Waals surface area contributed by atoms with Gasteiger partial charge in [0.15, 0.2) is 11.6 Å². The van der Waals surface area contributed by atoms with Gasteiger partial charge < -0.3 is 0 Å². The van der Waals surface area contributed by atoms with E-state index >= 15 is 0 Å². The molecular formula is C62H60N6. The van der Waals surface area contributed by atoms with Crippen molar-refractivity contribution in [3.8, 4) is 56.4 Å². The van der Waals surface area contributed by atoms with E-state index in [2.05, 4.69) is 195 Å². The van der Waals surface area contributed by atoms with Crippen LogP contribution in [0.3, 0.4) is 0 Å². The van der Waals surface area contributed by atoms with E-state index in [1.54, 1.807) is 0 Å². The third-order valence-electron chi connectivity index (χ3n) is 11.6. The van der Waals surface area contributed by atoms with Gasteiger partial charge in [0.2, 0.25) is 0 Å². The lowest BCUT2D eigenvalue weighted by molar-refractivity contribution is 0.568. The minimum absolute atomic E-state index is 0.0179. The summed E-state index contributed by atoms with van der Waals surface area (Å²) in [4.78, 5) is 28.6. The average Bonchev–Trinajstić information content (AvgIpc) is 3.36. The van der Waals surface area contributed by atoms with Crippen molar-refractivity contribution in [2.45, 2.75) is 78.6 Å². The second kappa shape index (κ2) is 20.0. The maximum absolute atomic E-state index is 4.91. The second-order valence-electron chi connectivity index (χ2n) is 20.1. The highest BCUT2D eigenvalue weighted by molar-refractivity contribution is 6.02. The number of aromatic nitrogens is 6. The molecule has 0 aliphatic carbocycles. The van der Waals surface area contributed by atoms with Crippen molar-refractivity contribution in [1.82, 2.24) is 29.9 Å². The summed E-state index contributed by atoms with van der Waals surface area (Å²) >= 11 is 0. The molecule has 68 heavy (non-hydrogen) atoms. The third-order valence-corrected chi connectivity index (χ3v) is 11.6. The molecule has 6 aromatic carbocycles. The first-order valence-corrected chi connectivity index (χ1v) is 23.4. The van der Waals surface area contributed by atoms with Crippen LogP contribution < -0.4 is 0 Å². The van der Waals surface area contributed by atoms with Crippen molar-refractivity contribution >= 4 is 21.8 Å². The van der Waals surface area contributed by atoms with Crippen LogP contribution in [0.15, 0.2) is 200 Å². The van der Waals surface area contributed by atoms with Gasteiger partial charge in [-0.05, 0) is 41.5 Å². The zero-order valence-electron chi connectivity index (χ0n) is 40.7.